The number of thioether (sulfide) groups is 1. The van der Waals surface area contributed by atoms with Gasteiger partial charge in [0.15, 0.2) is 0 Å². The van der Waals surface area contributed by atoms with E-state index in [1.54, 1.807) is 16.4 Å². The summed E-state index contributed by atoms with van der Waals surface area (Å²) in [6, 6.07) is 3.33. The van der Waals surface area contributed by atoms with Crippen molar-refractivity contribution in [2.24, 2.45) is 0 Å². The van der Waals surface area contributed by atoms with Crippen LogP contribution in [0.25, 0.3) is 0 Å². The Morgan fingerprint density at radius 2 is 2.20 bits per heavy atom. The maximum Gasteiger partial charge on any atom is 0.244 e. The maximum atomic E-state index is 12.6. The highest BCUT2D eigenvalue weighted by molar-refractivity contribution is 8.00. The standard InChI is InChI=1S/C13H21N3O2S2/c1-4-14-12-6-5-11(9-15-12)20(17,18)16-7-8-19-13(2,3)10-16/h5-6,9H,4,7-8,10H2,1-3H3,(H,14,15). The van der Waals surface area contributed by atoms with E-state index in [1.165, 1.54) is 6.20 Å². The van der Waals surface area contributed by atoms with Gasteiger partial charge in [-0.1, -0.05) is 0 Å². The highest BCUT2D eigenvalue weighted by atomic mass is 32.2. The fourth-order valence-corrected chi connectivity index (χ4v) is 5.00. The molecule has 2 rings (SSSR count). The molecule has 0 unspecified atom stereocenters. The van der Waals surface area contributed by atoms with Gasteiger partial charge in [0.05, 0.1) is 0 Å². The summed E-state index contributed by atoms with van der Waals surface area (Å²) < 4.78 is 26.7. The Balaban J connectivity index is 2.21. The molecule has 0 amide bonds. The van der Waals surface area contributed by atoms with Crippen LogP contribution in [0.15, 0.2) is 23.2 Å². The molecule has 1 aromatic rings. The van der Waals surface area contributed by atoms with Crippen LogP contribution in [0, 0.1) is 0 Å². The minimum absolute atomic E-state index is 0.0392. The zero-order chi connectivity index (χ0) is 14.8. The first-order chi connectivity index (χ1) is 9.35. The second-order valence-electron chi connectivity index (χ2n) is 5.36. The van der Waals surface area contributed by atoms with Gasteiger partial charge in [0.1, 0.15) is 10.7 Å². The van der Waals surface area contributed by atoms with Crippen molar-refractivity contribution in [2.45, 2.75) is 30.4 Å². The number of hydrogen-bond acceptors (Lipinski definition) is 5. The number of nitrogens with zero attached hydrogens (tertiary/aromatic N) is 2. The molecule has 1 fully saturated rings. The summed E-state index contributed by atoms with van der Waals surface area (Å²) in [7, 11) is -3.44. The van der Waals surface area contributed by atoms with E-state index in [2.05, 4.69) is 24.1 Å². The van der Waals surface area contributed by atoms with Gasteiger partial charge in [0, 0.05) is 36.3 Å². The molecule has 112 valence electrons. The Hall–Kier alpha value is -0.790. The maximum absolute atomic E-state index is 12.6. The number of aromatic nitrogens is 1. The Morgan fingerprint density at radius 3 is 2.75 bits per heavy atom. The molecule has 1 saturated heterocycles. The molecule has 2 heterocycles. The number of pyridine rings is 1. The average molecular weight is 315 g/mol. The number of sulfonamides is 1. The van der Waals surface area contributed by atoms with Gasteiger partial charge in [-0.2, -0.15) is 16.1 Å². The van der Waals surface area contributed by atoms with Crippen molar-refractivity contribution < 1.29 is 8.42 Å². The van der Waals surface area contributed by atoms with Gasteiger partial charge >= 0.3 is 0 Å². The predicted molar refractivity (Wildman–Crippen MR) is 83.7 cm³/mol. The van der Waals surface area contributed by atoms with Crippen molar-refractivity contribution in [1.29, 1.82) is 0 Å². The number of hydrogen-bond donors (Lipinski definition) is 1. The van der Waals surface area contributed by atoms with Gasteiger partial charge in [-0.3, -0.25) is 0 Å². The Labute approximate surface area is 125 Å². The van der Waals surface area contributed by atoms with E-state index in [1.807, 2.05) is 18.7 Å². The SMILES string of the molecule is CCNc1ccc(S(=O)(=O)N2CCSC(C)(C)C2)cn1. The molecule has 1 aliphatic heterocycles. The molecule has 0 aromatic carbocycles. The lowest BCUT2D eigenvalue weighted by Gasteiger charge is -2.36. The fraction of sp³-hybridized carbons (Fsp3) is 0.615. The second-order valence-corrected chi connectivity index (χ2v) is 9.10. The molecular weight excluding hydrogens is 294 g/mol. The van der Waals surface area contributed by atoms with E-state index in [9.17, 15) is 8.42 Å². The Bertz CT molecular complexity index is 555. The zero-order valence-electron chi connectivity index (χ0n) is 12.1. The number of rotatable bonds is 4. The largest absolute Gasteiger partial charge is 0.370 e. The quantitative estimate of drug-likeness (QED) is 0.921. The summed E-state index contributed by atoms with van der Waals surface area (Å²) in [6.07, 6.45) is 1.43. The van der Waals surface area contributed by atoms with Crippen LogP contribution >= 0.6 is 11.8 Å². The van der Waals surface area contributed by atoms with Gasteiger partial charge in [-0.05, 0) is 32.9 Å². The number of anilines is 1. The van der Waals surface area contributed by atoms with Crippen molar-refractivity contribution in [3.05, 3.63) is 18.3 Å². The Kier molecular flexibility index (Phi) is 4.61. The molecule has 0 radical (unpaired) electrons. The minimum atomic E-state index is -3.44. The van der Waals surface area contributed by atoms with Gasteiger partial charge in [-0.25, -0.2) is 13.4 Å². The molecule has 0 spiro atoms. The van der Waals surface area contributed by atoms with Crippen molar-refractivity contribution in [3.63, 3.8) is 0 Å². The average Bonchev–Trinajstić information content (AvgIpc) is 2.38. The first kappa shape index (κ1) is 15.6. The predicted octanol–water partition coefficient (Wildman–Crippen LogP) is 2.03. The molecule has 0 saturated carbocycles. The van der Waals surface area contributed by atoms with Crippen LogP contribution in [0.3, 0.4) is 0 Å². The monoisotopic (exact) mass is 315 g/mol. The van der Waals surface area contributed by atoms with Crippen LogP contribution in [0.4, 0.5) is 5.82 Å². The molecular formula is C13H21N3O2S2. The molecule has 0 bridgehead atoms. The molecule has 5 nitrogen and oxygen atoms in total. The lowest BCUT2D eigenvalue weighted by atomic mass is 10.2. The van der Waals surface area contributed by atoms with E-state index < -0.39 is 10.0 Å². The summed E-state index contributed by atoms with van der Waals surface area (Å²) in [4.78, 5) is 4.41. The molecule has 1 aliphatic rings. The minimum Gasteiger partial charge on any atom is -0.370 e. The van der Waals surface area contributed by atoms with Crippen LogP contribution < -0.4 is 5.32 Å². The lowest BCUT2D eigenvalue weighted by Crippen LogP contribution is -2.46. The van der Waals surface area contributed by atoms with Crippen molar-refractivity contribution in [2.75, 3.05) is 30.7 Å². The van der Waals surface area contributed by atoms with E-state index in [0.717, 1.165) is 12.3 Å². The summed E-state index contributed by atoms with van der Waals surface area (Å²) in [6.45, 7) is 7.98. The first-order valence-electron chi connectivity index (χ1n) is 6.69. The van der Waals surface area contributed by atoms with Crippen LogP contribution in [0.5, 0.6) is 0 Å². The van der Waals surface area contributed by atoms with Gasteiger partial charge < -0.3 is 5.32 Å². The Morgan fingerprint density at radius 1 is 1.45 bits per heavy atom. The van der Waals surface area contributed by atoms with Crippen molar-refractivity contribution in [3.8, 4) is 0 Å². The topological polar surface area (TPSA) is 62.3 Å². The van der Waals surface area contributed by atoms with Gasteiger partial charge in [0.25, 0.3) is 0 Å². The molecule has 0 aliphatic carbocycles. The van der Waals surface area contributed by atoms with Crippen LogP contribution in [0.2, 0.25) is 0 Å². The van der Waals surface area contributed by atoms with E-state index in [-0.39, 0.29) is 9.64 Å². The normalized spacial score (nSPS) is 19.8. The fourth-order valence-electron chi connectivity index (χ4n) is 2.15. The molecule has 7 heteroatoms. The third-order valence-electron chi connectivity index (χ3n) is 3.12. The van der Waals surface area contributed by atoms with Crippen molar-refractivity contribution in [1.82, 2.24) is 9.29 Å². The summed E-state index contributed by atoms with van der Waals surface area (Å²) in [5, 5.41) is 3.06. The van der Waals surface area contributed by atoms with E-state index >= 15 is 0 Å². The second kappa shape index (κ2) is 5.91. The molecule has 1 N–H and O–H groups in total. The van der Waals surface area contributed by atoms with Crippen molar-refractivity contribution >= 4 is 27.6 Å². The highest BCUT2D eigenvalue weighted by Crippen LogP contribution is 2.32. The summed E-state index contributed by atoms with van der Waals surface area (Å²) in [5.74, 6) is 1.52. The van der Waals surface area contributed by atoms with Crippen LogP contribution in [-0.2, 0) is 10.0 Å². The molecule has 1 aromatic heterocycles. The summed E-state index contributed by atoms with van der Waals surface area (Å²) in [5.41, 5.74) is 0. The van der Waals surface area contributed by atoms with Crippen LogP contribution in [0.1, 0.15) is 20.8 Å². The first-order valence-corrected chi connectivity index (χ1v) is 9.12. The molecule has 0 atom stereocenters. The number of nitrogens with one attached hydrogen (secondary N) is 1. The smallest absolute Gasteiger partial charge is 0.244 e. The van der Waals surface area contributed by atoms with E-state index in [4.69, 9.17) is 0 Å². The highest BCUT2D eigenvalue weighted by Gasteiger charge is 2.34. The van der Waals surface area contributed by atoms with Gasteiger partial charge in [-0.15, -0.1) is 0 Å². The van der Waals surface area contributed by atoms with Gasteiger partial charge in [0.2, 0.25) is 10.0 Å². The van der Waals surface area contributed by atoms with Crippen LogP contribution in [-0.4, -0.2) is 47.8 Å². The zero-order valence-corrected chi connectivity index (χ0v) is 13.7. The third-order valence-corrected chi connectivity index (χ3v) is 6.25. The lowest BCUT2D eigenvalue weighted by molar-refractivity contribution is 0.387. The molecule has 20 heavy (non-hydrogen) atoms. The third kappa shape index (κ3) is 3.45. The van der Waals surface area contributed by atoms with E-state index in [0.29, 0.717) is 18.9 Å². The summed E-state index contributed by atoms with van der Waals surface area (Å²) >= 11 is 1.81.